The van der Waals surface area contributed by atoms with Gasteiger partial charge in [0.15, 0.2) is 0 Å². The second-order valence-corrected chi connectivity index (χ2v) is 10.7. The molecule has 0 amide bonds. The van der Waals surface area contributed by atoms with E-state index in [1.54, 1.807) is 12.1 Å². The molecule has 0 bridgehead atoms. The van der Waals surface area contributed by atoms with Gasteiger partial charge < -0.3 is 20.1 Å². The summed E-state index contributed by atoms with van der Waals surface area (Å²) in [5, 5.41) is 37.8. The van der Waals surface area contributed by atoms with Crippen molar-refractivity contribution in [2.45, 2.75) is 37.6 Å². The SMILES string of the molecule is O=C([O-])[C@H](N=C(c1ccccc1)c1ccccc1N=C([O-])CN1CCCCC1)[C@@H](CCO)c1ccc2ccccc2c1.[Ni+2]. The molecule has 0 spiro atoms. The van der Waals surface area contributed by atoms with Crippen LogP contribution < -0.4 is 10.2 Å². The predicted molar refractivity (Wildman–Crippen MR) is 163 cm³/mol. The summed E-state index contributed by atoms with van der Waals surface area (Å²) in [5.74, 6) is -2.23. The van der Waals surface area contributed by atoms with Crippen molar-refractivity contribution in [3.05, 3.63) is 114 Å². The van der Waals surface area contributed by atoms with E-state index in [1.165, 1.54) is 6.42 Å². The van der Waals surface area contributed by atoms with Crippen molar-refractivity contribution >= 4 is 34.0 Å². The molecule has 1 heterocycles. The van der Waals surface area contributed by atoms with Crippen molar-refractivity contribution in [3.8, 4) is 0 Å². The number of fused-ring (bicyclic) bond motifs is 1. The number of carboxylic acids is 1. The zero-order chi connectivity index (χ0) is 29.3. The first kappa shape index (κ1) is 32.1. The van der Waals surface area contributed by atoms with Crippen LogP contribution in [0.25, 0.3) is 10.8 Å². The zero-order valence-electron chi connectivity index (χ0n) is 23.9. The number of carbonyl (C=O) groups excluding carboxylic acids is 1. The van der Waals surface area contributed by atoms with Crippen molar-refractivity contribution in [2.24, 2.45) is 9.98 Å². The Morgan fingerprint density at radius 1 is 0.837 bits per heavy atom. The van der Waals surface area contributed by atoms with Crippen molar-refractivity contribution in [1.29, 1.82) is 0 Å². The average molecular weight is 620 g/mol. The molecule has 4 aromatic carbocycles. The molecule has 224 valence electrons. The number of aliphatic carboxylic acids is 1. The summed E-state index contributed by atoms with van der Waals surface area (Å²) in [6.07, 6.45) is 3.51. The van der Waals surface area contributed by atoms with Gasteiger partial charge in [0.05, 0.1) is 23.4 Å². The number of carboxylic acid groups (broad SMARTS) is 1. The van der Waals surface area contributed by atoms with Gasteiger partial charge in [0, 0.05) is 30.2 Å². The maximum absolute atomic E-state index is 13.0. The number of aliphatic hydroxyl groups excluding tert-OH is 1. The number of benzene rings is 4. The van der Waals surface area contributed by atoms with Crippen molar-refractivity contribution < 1.29 is 36.6 Å². The predicted octanol–water partition coefficient (Wildman–Crippen LogP) is 3.84. The number of hydrogen-bond acceptors (Lipinski definition) is 7. The topological polar surface area (TPSA) is 111 Å². The Labute approximate surface area is 262 Å². The van der Waals surface area contributed by atoms with Crippen molar-refractivity contribution in [1.82, 2.24) is 4.90 Å². The number of piperidine rings is 1. The van der Waals surface area contributed by atoms with Crippen LogP contribution in [0.3, 0.4) is 0 Å². The minimum Gasteiger partial charge on any atom is -0.861 e. The molecule has 1 aliphatic rings. The maximum Gasteiger partial charge on any atom is 2.00 e. The van der Waals surface area contributed by atoms with Crippen LogP contribution in [0.2, 0.25) is 0 Å². The molecule has 0 radical (unpaired) electrons. The van der Waals surface area contributed by atoms with Crippen LogP contribution in [0.5, 0.6) is 0 Å². The fourth-order valence-corrected chi connectivity index (χ4v) is 5.68. The summed E-state index contributed by atoms with van der Waals surface area (Å²) < 4.78 is 0. The van der Waals surface area contributed by atoms with Gasteiger partial charge in [-0.05, 0) is 60.7 Å². The first-order valence-electron chi connectivity index (χ1n) is 14.5. The van der Waals surface area contributed by atoms with Crippen LogP contribution in [0.4, 0.5) is 5.69 Å². The van der Waals surface area contributed by atoms with E-state index in [2.05, 4.69) is 9.89 Å². The van der Waals surface area contributed by atoms with E-state index in [0.717, 1.165) is 42.3 Å². The Morgan fingerprint density at radius 2 is 1.51 bits per heavy atom. The Bertz CT molecular complexity index is 1570. The molecule has 1 saturated heterocycles. The number of hydrogen-bond donors (Lipinski definition) is 1. The van der Waals surface area contributed by atoms with Crippen LogP contribution in [-0.4, -0.2) is 59.9 Å². The molecule has 5 rings (SSSR count). The van der Waals surface area contributed by atoms with Crippen LogP contribution in [0.15, 0.2) is 107 Å². The first-order chi connectivity index (χ1) is 20.5. The van der Waals surface area contributed by atoms with Crippen LogP contribution in [0, 0.1) is 0 Å². The molecule has 2 atom stereocenters. The number of nitrogens with zero attached hydrogens (tertiary/aromatic N) is 3. The smallest absolute Gasteiger partial charge is 0.861 e. The minimum absolute atomic E-state index is 0. The number of carbonyl (C=O) groups is 1. The molecular formula is C35H35N3NiO4. The number of likely N-dealkylation sites (tertiary alicyclic amines) is 1. The van der Waals surface area contributed by atoms with Crippen molar-refractivity contribution in [2.75, 3.05) is 26.2 Å². The summed E-state index contributed by atoms with van der Waals surface area (Å²) in [6.45, 7) is 1.80. The van der Waals surface area contributed by atoms with Crippen LogP contribution in [-0.2, 0) is 21.3 Å². The molecule has 1 aliphatic heterocycles. The largest absolute Gasteiger partial charge is 2.00 e. The number of para-hydroxylation sites is 1. The van der Waals surface area contributed by atoms with Gasteiger partial charge in [0.2, 0.25) is 0 Å². The first-order valence-corrected chi connectivity index (χ1v) is 14.5. The molecule has 0 saturated carbocycles. The van der Waals surface area contributed by atoms with Gasteiger partial charge in [-0.1, -0.05) is 97.4 Å². The van der Waals surface area contributed by atoms with E-state index in [9.17, 15) is 20.1 Å². The summed E-state index contributed by atoms with van der Waals surface area (Å²) >= 11 is 0. The Hall–Kier alpha value is -3.84. The standard InChI is InChI=1S/C35H37N3O4.Ni/c39-22-19-29(28-18-17-25-11-5-6-14-27(25)23-28)34(35(41)42)37-33(26-12-3-1-4-13-26)30-15-7-8-16-31(30)36-32(40)24-38-20-9-2-10-21-38;/h1,3-8,11-18,23,29,34,39H,2,9-10,19-22,24H2,(H,36,40)(H,41,42);/q;+2/p-2/t29-,34+;/m0./s1. The molecule has 1 fully saturated rings. The van der Waals surface area contributed by atoms with Gasteiger partial charge in [0.1, 0.15) is 0 Å². The molecule has 1 N–H and O–H groups in total. The molecule has 43 heavy (non-hydrogen) atoms. The number of aliphatic imine (C=N–C) groups is 2. The number of rotatable bonds is 11. The van der Waals surface area contributed by atoms with Crippen LogP contribution >= 0.6 is 0 Å². The normalized spacial score (nSPS) is 15.9. The van der Waals surface area contributed by atoms with Gasteiger partial charge in [-0.25, -0.2) is 0 Å². The minimum atomic E-state index is -1.34. The average Bonchev–Trinajstić information content (AvgIpc) is 3.02. The molecule has 0 aliphatic carbocycles. The molecule has 0 unspecified atom stereocenters. The number of aliphatic hydroxyl groups is 1. The Morgan fingerprint density at radius 3 is 2.23 bits per heavy atom. The quantitative estimate of drug-likeness (QED) is 0.156. The molecular weight excluding hydrogens is 585 g/mol. The van der Waals surface area contributed by atoms with Gasteiger partial charge in [0.25, 0.3) is 0 Å². The Balaban J connectivity index is 0.00000423. The summed E-state index contributed by atoms with van der Waals surface area (Å²) in [4.78, 5) is 24.2. The molecule has 8 heteroatoms. The van der Waals surface area contributed by atoms with E-state index in [4.69, 9.17) is 4.99 Å². The van der Waals surface area contributed by atoms with Gasteiger partial charge in [-0.2, -0.15) is 0 Å². The molecule has 7 nitrogen and oxygen atoms in total. The third-order valence-electron chi connectivity index (χ3n) is 7.79. The van der Waals surface area contributed by atoms with E-state index >= 15 is 0 Å². The van der Waals surface area contributed by atoms with Crippen molar-refractivity contribution in [3.63, 3.8) is 0 Å². The second-order valence-electron chi connectivity index (χ2n) is 10.7. The van der Waals surface area contributed by atoms with Crippen LogP contribution in [0.1, 0.15) is 48.3 Å². The zero-order valence-corrected chi connectivity index (χ0v) is 24.9. The van der Waals surface area contributed by atoms with E-state index < -0.39 is 17.9 Å². The van der Waals surface area contributed by atoms with E-state index in [-0.39, 0.29) is 42.0 Å². The van der Waals surface area contributed by atoms with Gasteiger partial charge in [-0.3, -0.25) is 14.9 Å². The van der Waals surface area contributed by atoms with E-state index in [1.807, 2.05) is 84.9 Å². The summed E-state index contributed by atoms with van der Waals surface area (Å²) in [6, 6.07) is 28.8. The third-order valence-corrected chi connectivity index (χ3v) is 7.79. The fraction of sp³-hybridized carbons (Fsp3) is 0.286. The molecule has 4 aromatic rings. The summed E-state index contributed by atoms with van der Waals surface area (Å²) in [5.41, 5.74) is 2.84. The molecule has 0 aromatic heterocycles. The maximum atomic E-state index is 13.0. The fourth-order valence-electron chi connectivity index (χ4n) is 5.68. The van der Waals surface area contributed by atoms with Gasteiger partial charge >= 0.3 is 16.5 Å². The summed E-state index contributed by atoms with van der Waals surface area (Å²) in [7, 11) is 0. The van der Waals surface area contributed by atoms with E-state index in [0.29, 0.717) is 22.5 Å². The second kappa shape index (κ2) is 15.6. The van der Waals surface area contributed by atoms with Gasteiger partial charge in [-0.15, -0.1) is 0 Å². The Kier molecular flexibility index (Phi) is 11.6. The monoisotopic (exact) mass is 619 g/mol. The third kappa shape index (κ3) is 8.17.